The summed E-state index contributed by atoms with van der Waals surface area (Å²) in [6.07, 6.45) is 4.25. The van der Waals surface area contributed by atoms with E-state index in [1.165, 1.54) is 0 Å². The van der Waals surface area contributed by atoms with E-state index < -0.39 is 0 Å². The first-order valence-corrected chi connectivity index (χ1v) is 5.92. The quantitative estimate of drug-likeness (QED) is 0.769. The highest BCUT2D eigenvalue weighted by molar-refractivity contribution is 5.85. The molecule has 0 atom stereocenters. The third kappa shape index (κ3) is 3.47. The summed E-state index contributed by atoms with van der Waals surface area (Å²) in [4.78, 5) is 11.9. The van der Waals surface area contributed by atoms with Gasteiger partial charge in [0.25, 0.3) is 0 Å². The molecular formula is C14H19ClO2. The lowest BCUT2D eigenvalue weighted by Crippen LogP contribution is -2.26. The molecule has 0 unspecified atom stereocenters. The van der Waals surface area contributed by atoms with E-state index >= 15 is 0 Å². The third-order valence-electron chi connectivity index (χ3n) is 3.41. The monoisotopic (exact) mass is 254 g/mol. The van der Waals surface area contributed by atoms with Gasteiger partial charge in [-0.1, -0.05) is 43.2 Å². The fraction of sp³-hybridized carbons (Fsp3) is 0.500. The second-order valence-electron chi connectivity index (χ2n) is 4.83. The van der Waals surface area contributed by atoms with Gasteiger partial charge in [-0.15, -0.1) is 12.4 Å². The summed E-state index contributed by atoms with van der Waals surface area (Å²) < 4.78 is 5.38. The van der Waals surface area contributed by atoms with Gasteiger partial charge in [0.05, 0.1) is 5.41 Å². The zero-order valence-electron chi connectivity index (χ0n) is 10.1. The molecule has 1 aromatic rings. The average molecular weight is 255 g/mol. The molecule has 0 N–H and O–H groups in total. The molecule has 1 aliphatic rings. The van der Waals surface area contributed by atoms with Crippen LogP contribution in [0.5, 0.6) is 0 Å². The van der Waals surface area contributed by atoms with Crippen molar-refractivity contribution in [3.63, 3.8) is 0 Å². The smallest absolute Gasteiger partial charge is 0.312 e. The summed E-state index contributed by atoms with van der Waals surface area (Å²) in [5.74, 6) is -0.0335. The largest absolute Gasteiger partial charge is 0.460 e. The van der Waals surface area contributed by atoms with E-state index in [-0.39, 0.29) is 23.8 Å². The Labute approximate surface area is 109 Å². The summed E-state index contributed by atoms with van der Waals surface area (Å²) in [6.45, 7) is 2.42. The van der Waals surface area contributed by atoms with Gasteiger partial charge in [-0.3, -0.25) is 4.79 Å². The van der Waals surface area contributed by atoms with Crippen molar-refractivity contribution in [3.8, 4) is 0 Å². The maximum atomic E-state index is 11.9. The minimum absolute atomic E-state index is 0. The van der Waals surface area contributed by atoms with Crippen LogP contribution in [-0.4, -0.2) is 5.97 Å². The van der Waals surface area contributed by atoms with Crippen LogP contribution in [-0.2, 0) is 16.1 Å². The van der Waals surface area contributed by atoms with Gasteiger partial charge in [0.1, 0.15) is 6.61 Å². The SMILES string of the molecule is CC1(C(=O)OCc2ccccc2)CCCC1.Cl. The van der Waals surface area contributed by atoms with Gasteiger partial charge < -0.3 is 4.74 Å². The molecule has 1 aliphatic carbocycles. The van der Waals surface area contributed by atoms with Crippen molar-refractivity contribution in [3.05, 3.63) is 35.9 Å². The van der Waals surface area contributed by atoms with Crippen LogP contribution in [0, 0.1) is 5.41 Å². The summed E-state index contributed by atoms with van der Waals surface area (Å²) >= 11 is 0. The number of ether oxygens (including phenoxy) is 1. The van der Waals surface area contributed by atoms with E-state index in [0.29, 0.717) is 6.61 Å². The lowest BCUT2D eigenvalue weighted by Gasteiger charge is -2.20. The number of halogens is 1. The third-order valence-corrected chi connectivity index (χ3v) is 3.41. The van der Waals surface area contributed by atoms with Crippen LogP contribution in [0.1, 0.15) is 38.2 Å². The van der Waals surface area contributed by atoms with Crippen LogP contribution in [0.3, 0.4) is 0 Å². The maximum absolute atomic E-state index is 11.9. The first-order chi connectivity index (χ1) is 7.71. The number of hydrogen-bond acceptors (Lipinski definition) is 2. The Morgan fingerprint density at radius 2 is 1.82 bits per heavy atom. The molecule has 17 heavy (non-hydrogen) atoms. The van der Waals surface area contributed by atoms with Crippen LogP contribution < -0.4 is 0 Å². The molecule has 0 bridgehead atoms. The van der Waals surface area contributed by atoms with E-state index in [9.17, 15) is 4.79 Å². The van der Waals surface area contributed by atoms with Crippen molar-refractivity contribution in [2.45, 2.75) is 39.2 Å². The fourth-order valence-electron chi connectivity index (χ4n) is 2.26. The number of rotatable bonds is 3. The molecule has 1 saturated carbocycles. The molecule has 0 amide bonds. The lowest BCUT2D eigenvalue weighted by atomic mass is 9.89. The Hall–Kier alpha value is -1.02. The minimum atomic E-state index is -0.227. The highest BCUT2D eigenvalue weighted by atomic mass is 35.5. The van der Waals surface area contributed by atoms with E-state index in [0.717, 1.165) is 31.2 Å². The molecule has 0 heterocycles. The van der Waals surface area contributed by atoms with Crippen molar-refractivity contribution >= 4 is 18.4 Å². The van der Waals surface area contributed by atoms with Gasteiger partial charge in [-0.25, -0.2) is 0 Å². The Kier molecular flexibility index (Phi) is 5.01. The zero-order chi connectivity index (χ0) is 11.4. The zero-order valence-corrected chi connectivity index (χ0v) is 11.0. The molecule has 94 valence electrons. The van der Waals surface area contributed by atoms with Gasteiger partial charge in [-0.05, 0) is 25.3 Å². The maximum Gasteiger partial charge on any atom is 0.312 e. The van der Waals surface area contributed by atoms with Crippen molar-refractivity contribution < 1.29 is 9.53 Å². The molecule has 0 saturated heterocycles. The molecule has 0 aliphatic heterocycles. The molecule has 2 nitrogen and oxygen atoms in total. The van der Waals surface area contributed by atoms with Crippen LogP contribution in [0.15, 0.2) is 30.3 Å². The van der Waals surface area contributed by atoms with Gasteiger partial charge in [0.2, 0.25) is 0 Å². The van der Waals surface area contributed by atoms with E-state index in [1.54, 1.807) is 0 Å². The number of benzene rings is 1. The van der Waals surface area contributed by atoms with Crippen LogP contribution >= 0.6 is 12.4 Å². The Morgan fingerprint density at radius 1 is 1.24 bits per heavy atom. The first kappa shape index (κ1) is 14.0. The summed E-state index contributed by atoms with van der Waals surface area (Å²) in [5.41, 5.74) is 0.826. The van der Waals surface area contributed by atoms with Gasteiger partial charge in [-0.2, -0.15) is 0 Å². The Bertz CT molecular complexity index is 356. The normalized spacial score (nSPS) is 17.2. The number of carbonyl (C=O) groups excluding carboxylic acids is 1. The van der Waals surface area contributed by atoms with E-state index in [4.69, 9.17) is 4.74 Å². The number of hydrogen-bond donors (Lipinski definition) is 0. The first-order valence-electron chi connectivity index (χ1n) is 5.92. The highest BCUT2D eigenvalue weighted by Gasteiger charge is 2.37. The predicted octanol–water partition coefficient (Wildman–Crippen LogP) is 3.73. The molecular weight excluding hydrogens is 236 g/mol. The summed E-state index contributed by atoms with van der Waals surface area (Å²) in [7, 11) is 0. The second-order valence-corrected chi connectivity index (χ2v) is 4.83. The van der Waals surface area contributed by atoms with Crippen molar-refractivity contribution in [2.75, 3.05) is 0 Å². The van der Waals surface area contributed by atoms with Crippen molar-refractivity contribution in [2.24, 2.45) is 5.41 Å². The lowest BCUT2D eigenvalue weighted by molar-refractivity contribution is -0.156. The number of esters is 1. The standard InChI is InChI=1S/C14H18O2.ClH/c1-14(9-5-6-10-14)13(15)16-11-12-7-3-2-4-8-12;/h2-4,7-8H,5-6,9-11H2,1H3;1H. The summed E-state index contributed by atoms with van der Waals surface area (Å²) in [6, 6.07) is 9.83. The van der Waals surface area contributed by atoms with Gasteiger partial charge in [0, 0.05) is 0 Å². The second kappa shape index (κ2) is 6.06. The van der Waals surface area contributed by atoms with Crippen LogP contribution in [0.25, 0.3) is 0 Å². The van der Waals surface area contributed by atoms with Crippen molar-refractivity contribution in [1.29, 1.82) is 0 Å². The molecule has 1 aromatic carbocycles. The molecule has 0 radical (unpaired) electrons. The Morgan fingerprint density at radius 3 is 2.41 bits per heavy atom. The number of carbonyl (C=O) groups is 1. The van der Waals surface area contributed by atoms with Gasteiger partial charge in [0.15, 0.2) is 0 Å². The topological polar surface area (TPSA) is 26.3 Å². The Balaban J connectivity index is 0.00000144. The van der Waals surface area contributed by atoms with Crippen LogP contribution in [0.2, 0.25) is 0 Å². The van der Waals surface area contributed by atoms with E-state index in [1.807, 2.05) is 37.3 Å². The molecule has 0 spiro atoms. The minimum Gasteiger partial charge on any atom is -0.460 e. The van der Waals surface area contributed by atoms with E-state index in [2.05, 4.69) is 0 Å². The van der Waals surface area contributed by atoms with Crippen molar-refractivity contribution in [1.82, 2.24) is 0 Å². The van der Waals surface area contributed by atoms with Crippen LogP contribution in [0.4, 0.5) is 0 Å². The average Bonchev–Trinajstić information content (AvgIpc) is 2.76. The predicted molar refractivity (Wildman–Crippen MR) is 70.1 cm³/mol. The summed E-state index contributed by atoms with van der Waals surface area (Å²) in [5, 5.41) is 0. The fourth-order valence-corrected chi connectivity index (χ4v) is 2.26. The highest BCUT2D eigenvalue weighted by Crippen LogP contribution is 2.38. The molecule has 3 heteroatoms. The molecule has 0 aromatic heterocycles. The molecule has 2 rings (SSSR count). The molecule has 1 fully saturated rings. The van der Waals surface area contributed by atoms with Gasteiger partial charge >= 0.3 is 5.97 Å².